The molecule has 0 bridgehead atoms. The standard InChI is InChI=1S/C18H23N5O/c1-12-6-5-7-17-15(12)11-20-23(17)9-8-18(24)19-10-16-13(2)21-22(4)14(16)3/h5-7,11H,8-10H2,1-4H3,(H,19,24). The van der Waals surface area contributed by atoms with Crippen LogP contribution in [0.2, 0.25) is 0 Å². The summed E-state index contributed by atoms with van der Waals surface area (Å²) in [6, 6.07) is 6.12. The monoisotopic (exact) mass is 325 g/mol. The second kappa shape index (κ2) is 6.47. The molecule has 0 aliphatic heterocycles. The highest BCUT2D eigenvalue weighted by molar-refractivity contribution is 5.82. The molecule has 0 radical (unpaired) electrons. The SMILES string of the molecule is Cc1nn(C)c(C)c1CNC(=O)CCn1ncc2c(C)cccc21. The summed E-state index contributed by atoms with van der Waals surface area (Å²) in [4.78, 5) is 12.2. The summed E-state index contributed by atoms with van der Waals surface area (Å²) in [5, 5.41) is 12.9. The van der Waals surface area contributed by atoms with Crippen molar-refractivity contribution in [3.05, 3.63) is 46.9 Å². The van der Waals surface area contributed by atoms with Crippen LogP contribution in [-0.4, -0.2) is 25.5 Å². The molecule has 126 valence electrons. The minimum absolute atomic E-state index is 0.0222. The third-order valence-corrected chi connectivity index (χ3v) is 4.58. The lowest BCUT2D eigenvalue weighted by atomic mass is 10.1. The Morgan fingerprint density at radius 2 is 2.04 bits per heavy atom. The van der Waals surface area contributed by atoms with Crippen molar-refractivity contribution in [2.24, 2.45) is 7.05 Å². The number of aromatic nitrogens is 4. The number of aryl methyl sites for hydroxylation is 4. The number of amides is 1. The van der Waals surface area contributed by atoms with Crippen molar-refractivity contribution in [2.75, 3.05) is 0 Å². The van der Waals surface area contributed by atoms with Crippen molar-refractivity contribution >= 4 is 16.8 Å². The van der Waals surface area contributed by atoms with Gasteiger partial charge in [0.25, 0.3) is 0 Å². The fraction of sp³-hybridized carbons (Fsp3) is 0.389. The van der Waals surface area contributed by atoms with E-state index in [1.165, 1.54) is 5.56 Å². The van der Waals surface area contributed by atoms with Gasteiger partial charge in [0.1, 0.15) is 0 Å². The second-order valence-corrected chi connectivity index (χ2v) is 6.18. The minimum Gasteiger partial charge on any atom is -0.352 e. The molecule has 0 saturated heterocycles. The Hall–Kier alpha value is -2.63. The number of carbonyl (C=O) groups excluding carboxylic acids is 1. The summed E-state index contributed by atoms with van der Waals surface area (Å²) in [7, 11) is 1.92. The highest BCUT2D eigenvalue weighted by Gasteiger charge is 2.11. The topological polar surface area (TPSA) is 64.7 Å². The number of carbonyl (C=O) groups is 1. The van der Waals surface area contributed by atoms with E-state index in [1.807, 2.05) is 48.6 Å². The van der Waals surface area contributed by atoms with E-state index >= 15 is 0 Å². The highest BCUT2D eigenvalue weighted by Crippen LogP contribution is 2.17. The molecule has 1 aromatic carbocycles. The van der Waals surface area contributed by atoms with E-state index in [0.717, 1.165) is 27.9 Å². The number of rotatable bonds is 5. The summed E-state index contributed by atoms with van der Waals surface area (Å²) in [5.41, 5.74) is 5.41. The number of benzene rings is 1. The largest absolute Gasteiger partial charge is 0.352 e. The lowest BCUT2D eigenvalue weighted by molar-refractivity contribution is -0.121. The van der Waals surface area contributed by atoms with Gasteiger partial charge < -0.3 is 5.32 Å². The molecule has 0 aliphatic carbocycles. The van der Waals surface area contributed by atoms with Crippen LogP contribution in [0.15, 0.2) is 24.4 Å². The molecule has 2 heterocycles. The van der Waals surface area contributed by atoms with Crippen molar-refractivity contribution in [1.29, 1.82) is 0 Å². The third-order valence-electron chi connectivity index (χ3n) is 4.58. The number of nitrogens with zero attached hydrogens (tertiary/aromatic N) is 4. The maximum atomic E-state index is 12.2. The smallest absolute Gasteiger partial charge is 0.222 e. The fourth-order valence-electron chi connectivity index (χ4n) is 2.98. The van der Waals surface area contributed by atoms with Gasteiger partial charge in [0.05, 0.1) is 24.0 Å². The number of fused-ring (bicyclic) bond motifs is 1. The van der Waals surface area contributed by atoms with Gasteiger partial charge in [0, 0.05) is 36.7 Å². The van der Waals surface area contributed by atoms with E-state index in [0.29, 0.717) is 19.5 Å². The van der Waals surface area contributed by atoms with Gasteiger partial charge in [0.15, 0.2) is 0 Å². The normalized spacial score (nSPS) is 11.2. The molecule has 3 rings (SSSR count). The van der Waals surface area contributed by atoms with Crippen LogP contribution in [0.1, 0.15) is 28.9 Å². The van der Waals surface area contributed by atoms with Gasteiger partial charge in [-0.15, -0.1) is 0 Å². The summed E-state index contributed by atoms with van der Waals surface area (Å²) in [5.74, 6) is 0.0222. The average molecular weight is 325 g/mol. The van der Waals surface area contributed by atoms with Crippen LogP contribution in [-0.2, 0) is 24.9 Å². The van der Waals surface area contributed by atoms with Gasteiger partial charge in [0.2, 0.25) is 5.91 Å². The Morgan fingerprint density at radius 3 is 2.75 bits per heavy atom. The third kappa shape index (κ3) is 3.04. The van der Waals surface area contributed by atoms with Crippen molar-refractivity contribution in [3.8, 4) is 0 Å². The first-order chi connectivity index (χ1) is 11.5. The second-order valence-electron chi connectivity index (χ2n) is 6.18. The molecular weight excluding hydrogens is 302 g/mol. The van der Waals surface area contributed by atoms with E-state index in [1.54, 1.807) is 0 Å². The predicted molar refractivity (Wildman–Crippen MR) is 93.6 cm³/mol. The molecule has 0 saturated carbocycles. The molecule has 6 heteroatoms. The van der Waals surface area contributed by atoms with Crippen molar-refractivity contribution in [2.45, 2.75) is 40.3 Å². The van der Waals surface area contributed by atoms with Crippen LogP contribution >= 0.6 is 0 Å². The maximum absolute atomic E-state index is 12.2. The molecule has 0 fully saturated rings. The first-order valence-corrected chi connectivity index (χ1v) is 8.14. The van der Waals surface area contributed by atoms with E-state index in [9.17, 15) is 4.79 Å². The minimum atomic E-state index is 0.0222. The highest BCUT2D eigenvalue weighted by atomic mass is 16.1. The zero-order chi connectivity index (χ0) is 17.3. The molecule has 1 amide bonds. The molecule has 6 nitrogen and oxygen atoms in total. The van der Waals surface area contributed by atoms with Crippen molar-refractivity contribution in [1.82, 2.24) is 24.9 Å². The Kier molecular flexibility index (Phi) is 4.38. The van der Waals surface area contributed by atoms with Crippen molar-refractivity contribution in [3.63, 3.8) is 0 Å². The van der Waals surface area contributed by atoms with Crippen LogP contribution in [0.25, 0.3) is 10.9 Å². The van der Waals surface area contributed by atoms with Gasteiger partial charge in [-0.25, -0.2) is 0 Å². The molecular formula is C18H23N5O. The Balaban J connectivity index is 1.60. The number of hydrogen-bond donors (Lipinski definition) is 1. The molecule has 2 aromatic heterocycles. The van der Waals surface area contributed by atoms with Crippen LogP contribution in [0, 0.1) is 20.8 Å². The molecule has 1 N–H and O–H groups in total. The lowest BCUT2D eigenvalue weighted by Gasteiger charge is -2.07. The Morgan fingerprint density at radius 1 is 1.25 bits per heavy atom. The zero-order valence-electron chi connectivity index (χ0n) is 14.6. The summed E-state index contributed by atoms with van der Waals surface area (Å²) in [6.45, 7) is 7.14. The quantitative estimate of drug-likeness (QED) is 0.783. The first kappa shape index (κ1) is 16.2. The fourth-order valence-corrected chi connectivity index (χ4v) is 2.98. The van der Waals surface area contributed by atoms with Crippen LogP contribution in [0.3, 0.4) is 0 Å². The summed E-state index contributed by atoms with van der Waals surface area (Å²) in [6.07, 6.45) is 2.27. The van der Waals surface area contributed by atoms with E-state index < -0.39 is 0 Å². The van der Waals surface area contributed by atoms with Gasteiger partial charge >= 0.3 is 0 Å². The average Bonchev–Trinajstić information content (AvgIpc) is 3.06. The summed E-state index contributed by atoms with van der Waals surface area (Å²) < 4.78 is 3.73. The lowest BCUT2D eigenvalue weighted by Crippen LogP contribution is -2.24. The van der Waals surface area contributed by atoms with Crippen LogP contribution in [0.4, 0.5) is 0 Å². The molecule has 0 atom stereocenters. The van der Waals surface area contributed by atoms with E-state index in [-0.39, 0.29) is 5.91 Å². The van der Waals surface area contributed by atoms with Gasteiger partial charge in [-0.3, -0.25) is 14.2 Å². The molecule has 24 heavy (non-hydrogen) atoms. The van der Waals surface area contributed by atoms with Crippen LogP contribution in [0.5, 0.6) is 0 Å². The number of nitrogens with one attached hydrogen (secondary N) is 1. The summed E-state index contributed by atoms with van der Waals surface area (Å²) >= 11 is 0. The van der Waals surface area contributed by atoms with E-state index in [2.05, 4.69) is 28.5 Å². The van der Waals surface area contributed by atoms with Crippen molar-refractivity contribution < 1.29 is 4.79 Å². The Bertz CT molecular complexity index is 890. The van der Waals surface area contributed by atoms with Gasteiger partial charge in [-0.05, 0) is 32.4 Å². The Labute approximate surface area is 141 Å². The van der Waals surface area contributed by atoms with Gasteiger partial charge in [-0.2, -0.15) is 10.2 Å². The maximum Gasteiger partial charge on any atom is 0.222 e. The molecule has 0 aliphatic rings. The first-order valence-electron chi connectivity index (χ1n) is 8.14. The molecule has 0 spiro atoms. The molecule has 3 aromatic rings. The predicted octanol–water partition coefficient (Wildman–Crippen LogP) is 2.40. The zero-order valence-corrected chi connectivity index (χ0v) is 14.6. The van der Waals surface area contributed by atoms with Gasteiger partial charge in [-0.1, -0.05) is 12.1 Å². The molecule has 0 unspecified atom stereocenters. The number of hydrogen-bond acceptors (Lipinski definition) is 3. The van der Waals surface area contributed by atoms with E-state index in [4.69, 9.17) is 0 Å². The van der Waals surface area contributed by atoms with Crippen LogP contribution < -0.4 is 5.32 Å².